The van der Waals surface area contributed by atoms with Crippen molar-refractivity contribution < 1.29 is 63.3 Å². The molecule has 65 heavy (non-hydrogen) atoms. The molecule has 0 spiro atoms. The lowest BCUT2D eigenvalue weighted by Crippen LogP contribution is -2.63. The van der Waals surface area contributed by atoms with E-state index in [9.17, 15) is 39.6 Å². The molecule has 4 aliphatic rings. The van der Waals surface area contributed by atoms with E-state index in [2.05, 4.69) is 0 Å². The number of Topliss-reactive ketones (excluding diaryl/α,β-unsaturated/α-hetero) is 2. The average molecular weight is 916 g/mol. The second-order valence-electron chi connectivity index (χ2n) is 19.8. The fraction of sp³-hybridized carbons (Fsp3) is 0.765. The first-order valence-electron chi connectivity index (χ1n) is 24.1. The minimum atomic E-state index is -2.23. The maximum Gasteiger partial charge on any atom is 0.329 e. The van der Waals surface area contributed by atoms with Crippen molar-refractivity contribution in [1.82, 2.24) is 4.90 Å². The summed E-state index contributed by atoms with van der Waals surface area (Å²) in [6.45, 7) is 12.9. The van der Waals surface area contributed by atoms with Gasteiger partial charge in [-0.1, -0.05) is 71.1 Å². The summed E-state index contributed by atoms with van der Waals surface area (Å²) in [5, 5.41) is 45.7. The van der Waals surface area contributed by atoms with Crippen molar-refractivity contribution in [3.05, 3.63) is 47.6 Å². The molecule has 14 nitrogen and oxygen atoms in total. The zero-order chi connectivity index (χ0) is 48.2. The van der Waals surface area contributed by atoms with Crippen LogP contribution < -0.4 is 0 Å². The summed E-state index contributed by atoms with van der Waals surface area (Å²) in [6.07, 6.45) is 9.72. The number of aliphatic hydroxyl groups excluding tert-OH is 3. The van der Waals surface area contributed by atoms with E-state index in [0.717, 1.165) is 12.0 Å². The van der Waals surface area contributed by atoms with Crippen LogP contribution in [0.25, 0.3) is 0 Å². The van der Waals surface area contributed by atoms with Crippen molar-refractivity contribution in [2.24, 2.45) is 35.5 Å². The first kappa shape index (κ1) is 54.5. The van der Waals surface area contributed by atoms with Gasteiger partial charge in [0.25, 0.3) is 5.91 Å². The molecule has 0 aromatic carbocycles. The van der Waals surface area contributed by atoms with Crippen molar-refractivity contribution in [3.63, 3.8) is 0 Å². The molecule has 3 heterocycles. The molecular formula is C51H81NO13. The predicted octanol–water partition coefficient (Wildman–Crippen LogP) is 5.97. The van der Waals surface area contributed by atoms with Crippen molar-refractivity contribution in [2.45, 2.75) is 186 Å². The van der Waals surface area contributed by atoms with Crippen molar-refractivity contribution >= 4 is 23.4 Å². The number of esters is 1. The number of piperidine rings is 1. The van der Waals surface area contributed by atoms with Crippen LogP contribution in [0.15, 0.2) is 47.6 Å². The Morgan fingerprint density at radius 1 is 0.846 bits per heavy atom. The zero-order valence-electron chi connectivity index (χ0n) is 40.7. The number of allylic oxidation sites excluding steroid dienone is 6. The SMILES string of the molecule is CO[C@H]1C[C@@H]2CC[C@@H](C)[C@@](O)(O2)C(O)C(=O)N2CCCCC2C(=O)O[C@H]([C@H](C)C[C@@H]2CC[C@@H](O)[C@H](OC)C2)CC(=O)[C@H](C)/C=C(\C)[C@@H](O)[C@@H](OC)C(=O)[C@H](C)C[C@H](C)/C=C/C=C/C=C/1C. The number of carbonyl (C=O) groups excluding carboxylic acids is 4. The monoisotopic (exact) mass is 916 g/mol. The van der Waals surface area contributed by atoms with Gasteiger partial charge in [0.2, 0.25) is 5.79 Å². The number of cyclic esters (lactones) is 1. The number of aliphatic hydroxyl groups is 4. The largest absolute Gasteiger partial charge is 0.460 e. The van der Waals surface area contributed by atoms with Gasteiger partial charge in [-0.05, 0) is 107 Å². The molecule has 0 radical (unpaired) electrons. The summed E-state index contributed by atoms with van der Waals surface area (Å²) in [6, 6.07) is -1.08. The van der Waals surface area contributed by atoms with Crippen LogP contribution in [0.5, 0.6) is 0 Å². The highest BCUT2D eigenvalue weighted by Crippen LogP contribution is 2.39. The number of amides is 1. The van der Waals surface area contributed by atoms with E-state index in [0.29, 0.717) is 63.4 Å². The summed E-state index contributed by atoms with van der Waals surface area (Å²) in [5.74, 6) is -6.22. The minimum Gasteiger partial charge on any atom is -0.460 e. The zero-order valence-corrected chi connectivity index (χ0v) is 40.7. The highest BCUT2D eigenvalue weighted by Gasteiger charge is 2.53. The second kappa shape index (κ2) is 25.3. The molecular weight excluding hydrogens is 835 g/mol. The lowest BCUT2D eigenvalue weighted by molar-refractivity contribution is -0.317. The molecule has 2 bridgehead atoms. The Labute approximate surface area is 387 Å². The highest BCUT2D eigenvalue weighted by atomic mass is 16.6. The number of ketones is 2. The van der Waals surface area contributed by atoms with E-state index in [1.165, 1.54) is 12.0 Å². The van der Waals surface area contributed by atoms with Crippen LogP contribution in [0.4, 0.5) is 0 Å². The summed E-state index contributed by atoms with van der Waals surface area (Å²) in [5.41, 5.74) is 1.30. The van der Waals surface area contributed by atoms with Gasteiger partial charge in [0.1, 0.15) is 30.1 Å². The van der Waals surface area contributed by atoms with Crippen LogP contribution in [0.1, 0.15) is 126 Å². The third-order valence-electron chi connectivity index (χ3n) is 14.7. The third kappa shape index (κ3) is 14.5. The molecule has 368 valence electrons. The van der Waals surface area contributed by atoms with E-state index in [1.54, 1.807) is 41.1 Å². The molecule has 16 atom stereocenters. The summed E-state index contributed by atoms with van der Waals surface area (Å²) in [4.78, 5) is 57.8. The number of nitrogens with zero attached hydrogens (tertiary/aromatic N) is 1. The van der Waals surface area contributed by atoms with Crippen LogP contribution >= 0.6 is 0 Å². The van der Waals surface area contributed by atoms with Gasteiger partial charge in [-0.2, -0.15) is 0 Å². The van der Waals surface area contributed by atoms with E-state index < -0.39 is 78.1 Å². The maximum atomic E-state index is 14.4. The average Bonchev–Trinajstić information content (AvgIpc) is 3.28. The van der Waals surface area contributed by atoms with Gasteiger partial charge in [0.15, 0.2) is 11.9 Å². The molecule has 4 rings (SSSR count). The standard InChI is InChI=1S/C51H81NO13/c1-30-16-12-11-13-17-31(2)42(61-8)28-38-21-19-36(7)51(60,65-38)48(57)49(58)52-23-15-14-18-39(52)50(59)64-43(33(4)26-37-20-22-40(53)44(27-37)62-9)29-41(54)32(3)25-35(6)46(56)47(63-10)45(55)34(5)24-30/h11-13,16-17,25,30,32-34,36-40,42-44,46-48,53,56-57,60H,14-15,18-24,26-29H2,1-10H3/b13-11+,16-12+,31-17+,35-25+/t30-,32-,33-,34-,36-,37+,38+,39?,40-,42+,43+,44-,46-,47+,48?,51-/m1/s1. The Hall–Kier alpha value is -3.08. The van der Waals surface area contributed by atoms with Gasteiger partial charge >= 0.3 is 5.97 Å². The van der Waals surface area contributed by atoms with Crippen LogP contribution in [0.3, 0.4) is 0 Å². The molecule has 1 amide bonds. The lowest BCUT2D eigenvalue weighted by atomic mass is 9.78. The number of rotatable bonds is 6. The normalized spacial score (nSPS) is 41.5. The second-order valence-corrected chi connectivity index (χ2v) is 19.8. The predicted molar refractivity (Wildman–Crippen MR) is 246 cm³/mol. The number of hydrogen-bond acceptors (Lipinski definition) is 13. The number of fused-ring (bicyclic) bond motifs is 3. The number of methoxy groups -OCH3 is 3. The minimum absolute atomic E-state index is 0.0264. The summed E-state index contributed by atoms with van der Waals surface area (Å²) in [7, 11) is 4.55. The molecule has 2 saturated heterocycles. The first-order chi connectivity index (χ1) is 30.7. The Morgan fingerprint density at radius 3 is 2.25 bits per heavy atom. The Kier molecular flexibility index (Phi) is 21.3. The smallest absolute Gasteiger partial charge is 0.329 e. The first-order valence-corrected chi connectivity index (χ1v) is 24.1. The van der Waals surface area contributed by atoms with Gasteiger partial charge in [-0.15, -0.1) is 0 Å². The van der Waals surface area contributed by atoms with Gasteiger partial charge in [-0.25, -0.2) is 4.79 Å². The number of ether oxygens (including phenoxy) is 5. The molecule has 0 aromatic heterocycles. The van der Waals surface area contributed by atoms with Gasteiger partial charge < -0.3 is 49.0 Å². The Balaban J connectivity index is 1.70. The molecule has 14 heteroatoms. The quantitative estimate of drug-likeness (QED) is 0.180. The summed E-state index contributed by atoms with van der Waals surface area (Å²) >= 11 is 0. The molecule has 4 N–H and O–H groups in total. The molecule has 1 aliphatic carbocycles. The van der Waals surface area contributed by atoms with E-state index in [-0.39, 0.29) is 60.9 Å². The van der Waals surface area contributed by atoms with E-state index in [4.69, 9.17) is 23.7 Å². The van der Waals surface area contributed by atoms with Crippen LogP contribution in [-0.4, -0.2) is 137 Å². The van der Waals surface area contributed by atoms with Crippen molar-refractivity contribution in [1.29, 1.82) is 0 Å². The van der Waals surface area contributed by atoms with Gasteiger partial charge in [0.05, 0.1) is 24.4 Å². The van der Waals surface area contributed by atoms with E-state index in [1.807, 2.05) is 58.1 Å². The Bertz CT molecular complexity index is 1710. The third-order valence-corrected chi connectivity index (χ3v) is 14.7. The van der Waals surface area contributed by atoms with Crippen LogP contribution in [-0.2, 0) is 42.9 Å². The van der Waals surface area contributed by atoms with Gasteiger partial charge in [0, 0.05) is 58.5 Å². The fourth-order valence-electron chi connectivity index (χ4n) is 10.3. The number of carbonyl (C=O) groups is 4. The summed E-state index contributed by atoms with van der Waals surface area (Å²) < 4.78 is 29.5. The maximum absolute atomic E-state index is 14.4. The Morgan fingerprint density at radius 2 is 1.57 bits per heavy atom. The molecule has 1 saturated carbocycles. The van der Waals surface area contributed by atoms with Crippen LogP contribution in [0.2, 0.25) is 0 Å². The van der Waals surface area contributed by atoms with Crippen molar-refractivity contribution in [2.75, 3.05) is 27.9 Å². The molecule has 2 unspecified atom stereocenters. The molecule has 0 aromatic rings. The molecule has 3 fully saturated rings. The van der Waals surface area contributed by atoms with Crippen LogP contribution in [0, 0.1) is 35.5 Å². The molecule has 3 aliphatic heterocycles. The topological polar surface area (TPSA) is 199 Å². The van der Waals surface area contributed by atoms with Gasteiger partial charge in [-0.3, -0.25) is 14.4 Å². The fourth-order valence-corrected chi connectivity index (χ4v) is 10.3. The lowest BCUT2D eigenvalue weighted by Gasteiger charge is -2.46. The number of hydrogen-bond donors (Lipinski definition) is 4. The van der Waals surface area contributed by atoms with Crippen molar-refractivity contribution in [3.8, 4) is 0 Å². The van der Waals surface area contributed by atoms with E-state index >= 15 is 0 Å². The highest BCUT2D eigenvalue weighted by molar-refractivity contribution is 5.89.